The summed E-state index contributed by atoms with van der Waals surface area (Å²) in [4.78, 5) is 32.2. The van der Waals surface area contributed by atoms with E-state index in [2.05, 4.69) is 15.0 Å². The van der Waals surface area contributed by atoms with Gasteiger partial charge in [0.2, 0.25) is 0 Å². The molecule has 0 aliphatic carbocycles. The molecule has 9 heteroatoms. The van der Waals surface area contributed by atoms with E-state index in [-0.39, 0.29) is 12.0 Å². The Morgan fingerprint density at radius 3 is 2.70 bits per heavy atom. The highest BCUT2D eigenvalue weighted by Crippen LogP contribution is 2.39. The molecular weight excluding hydrogens is 402 g/mol. The number of hydrogen-bond acceptors (Lipinski definition) is 7. The first-order chi connectivity index (χ1) is 14.5. The van der Waals surface area contributed by atoms with Crippen molar-refractivity contribution in [2.45, 2.75) is 32.5 Å². The molecule has 0 unspecified atom stereocenters. The predicted octanol–water partition coefficient (Wildman–Crippen LogP) is 1.37. The van der Waals surface area contributed by atoms with Gasteiger partial charge < -0.3 is 4.74 Å². The first kappa shape index (κ1) is 19.2. The van der Waals surface area contributed by atoms with Gasteiger partial charge in [-0.15, -0.1) is 11.3 Å². The average Bonchev–Trinajstić information content (AvgIpc) is 3.48. The molecule has 4 heterocycles. The molecule has 0 saturated carbocycles. The summed E-state index contributed by atoms with van der Waals surface area (Å²) in [5.74, 6) is 1.46. The molecule has 1 saturated heterocycles. The SMILES string of the molecule is COc1ccc(Cn2nc3n(c(=O)c2=O)C[C@@]2(CCN(Cc4nccs4)C2)C3)cc1. The molecule has 0 N–H and O–H groups in total. The lowest BCUT2D eigenvalue weighted by Gasteiger charge is -2.22. The van der Waals surface area contributed by atoms with E-state index in [0.29, 0.717) is 12.4 Å². The van der Waals surface area contributed by atoms with Gasteiger partial charge in [-0.2, -0.15) is 5.10 Å². The monoisotopic (exact) mass is 425 g/mol. The number of benzene rings is 1. The summed E-state index contributed by atoms with van der Waals surface area (Å²) in [5.41, 5.74) is -0.159. The minimum Gasteiger partial charge on any atom is -0.497 e. The lowest BCUT2D eigenvalue weighted by Crippen LogP contribution is -2.43. The molecule has 8 nitrogen and oxygen atoms in total. The van der Waals surface area contributed by atoms with Gasteiger partial charge in [0.15, 0.2) is 0 Å². The zero-order chi connectivity index (χ0) is 20.7. The normalized spacial score (nSPS) is 20.7. The molecule has 0 amide bonds. The third-order valence-electron chi connectivity index (χ3n) is 6.09. The second kappa shape index (κ2) is 7.48. The van der Waals surface area contributed by atoms with Gasteiger partial charge in [-0.05, 0) is 30.7 Å². The van der Waals surface area contributed by atoms with E-state index >= 15 is 0 Å². The van der Waals surface area contributed by atoms with Crippen LogP contribution in [0, 0.1) is 5.41 Å². The Morgan fingerprint density at radius 1 is 1.13 bits per heavy atom. The van der Waals surface area contributed by atoms with Gasteiger partial charge in [0, 0.05) is 36.5 Å². The second-order valence-electron chi connectivity index (χ2n) is 8.18. The number of rotatable bonds is 5. The van der Waals surface area contributed by atoms with Crippen LogP contribution in [0.3, 0.4) is 0 Å². The Hall–Kier alpha value is -2.78. The maximum Gasteiger partial charge on any atom is 0.332 e. The van der Waals surface area contributed by atoms with Crippen LogP contribution in [0.25, 0.3) is 0 Å². The minimum atomic E-state index is -0.566. The molecule has 2 aliphatic rings. The van der Waals surface area contributed by atoms with E-state index in [9.17, 15) is 9.59 Å². The molecule has 1 spiro atoms. The fourth-order valence-corrected chi connectivity index (χ4v) is 5.23. The lowest BCUT2D eigenvalue weighted by molar-refractivity contribution is 0.246. The van der Waals surface area contributed by atoms with Crippen LogP contribution in [0.5, 0.6) is 5.75 Å². The summed E-state index contributed by atoms with van der Waals surface area (Å²) >= 11 is 1.66. The van der Waals surface area contributed by atoms with Crippen molar-refractivity contribution in [2.24, 2.45) is 5.41 Å². The molecule has 1 aromatic carbocycles. The third-order valence-corrected chi connectivity index (χ3v) is 6.85. The van der Waals surface area contributed by atoms with Crippen molar-refractivity contribution < 1.29 is 4.74 Å². The zero-order valence-corrected chi connectivity index (χ0v) is 17.6. The fraction of sp³-hybridized carbons (Fsp3) is 0.429. The molecule has 156 valence electrons. The van der Waals surface area contributed by atoms with Crippen molar-refractivity contribution >= 4 is 11.3 Å². The van der Waals surface area contributed by atoms with E-state index in [0.717, 1.165) is 48.8 Å². The smallest absolute Gasteiger partial charge is 0.332 e. The Bertz CT molecular complexity index is 1170. The highest BCUT2D eigenvalue weighted by atomic mass is 32.1. The molecule has 2 aromatic heterocycles. The predicted molar refractivity (Wildman–Crippen MR) is 113 cm³/mol. The summed E-state index contributed by atoms with van der Waals surface area (Å²) in [6, 6.07) is 7.44. The number of nitrogens with zero attached hydrogens (tertiary/aromatic N) is 5. The van der Waals surface area contributed by atoms with Crippen molar-refractivity contribution in [3.05, 3.63) is 72.9 Å². The number of hydrogen-bond donors (Lipinski definition) is 0. The highest BCUT2D eigenvalue weighted by Gasteiger charge is 2.44. The topological polar surface area (TPSA) is 82.2 Å². The van der Waals surface area contributed by atoms with Crippen molar-refractivity contribution in [2.75, 3.05) is 20.2 Å². The number of likely N-dealkylation sites (tertiary alicyclic amines) is 1. The van der Waals surface area contributed by atoms with Crippen LogP contribution < -0.4 is 15.9 Å². The van der Waals surface area contributed by atoms with Crippen molar-refractivity contribution in [1.82, 2.24) is 24.2 Å². The zero-order valence-electron chi connectivity index (χ0n) is 16.8. The first-order valence-electron chi connectivity index (χ1n) is 10.00. The maximum atomic E-state index is 12.8. The molecule has 5 rings (SSSR count). The Kier molecular flexibility index (Phi) is 4.79. The van der Waals surface area contributed by atoms with E-state index in [4.69, 9.17) is 4.74 Å². The van der Waals surface area contributed by atoms with Gasteiger partial charge in [-0.1, -0.05) is 12.1 Å². The summed E-state index contributed by atoms with van der Waals surface area (Å²) in [5, 5.41) is 7.68. The number of methoxy groups -OCH3 is 1. The molecule has 0 bridgehead atoms. The van der Waals surface area contributed by atoms with Gasteiger partial charge in [-0.3, -0.25) is 19.1 Å². The highest BCUT2D eigenvalue weighted by molar-refractivity contribution is 7.09. The Balaban J connectivity index is 1.36. The molecule has 30 heavy (non-hydrogen) atoms. The molecule has 2 aliphatic heterocycles. The lowest BCUT2D eigenvalue weighted by atomic mass is 9.86. The first-order valence-corrected chi connectivity index (χ1v) is 10.9. The molecule has 0 radical (unpaired) electrons. The van der Waals surface area contributed by atoms with Crippen LogP contribution in [0.15, 0.2) is 45.4 Å². The van der Waals surface area contributed by atoms with Crippen molar-refractivity contribution in [1.29, 1.82) is 0 Å². The van der Waals surface area contributed by atoms with Crippen LogP contribution >= 0.6 is 11.3 Å². The molecular formula is C21H23N5O3S. The van der Waals surface area contributed by atoms with Crippen LogP contribution in [0.2, 0.25) is 0 Å². The van der Waals surface area contributed by atoms with Gasteiger partial charge >= 0.3 is 11.1 Å². The molecule has 1 atom stereocenters. The van der Waals surface area contributed by atoms with Gasteiger partial charge in [-0.25, -0.2) is 9.67 Å². The molecule has 1 fully saturated rings. The largest absolute Gasteiger partial charge is 0.497 e. The van der Waals surface area contributed by atoms with Gasteiger partial charge in [0.05, 0.1) is 20.2 Å². The van der Waals surface area contributed by atoms with E-state index in [1.807, 2.05) is 35.8 Å². The quantitative estimate of drug-likeness (QED) is 0.574. The summed E-state index contributed by atoms with van der Waals surface area (Å²) < 4.78 is 8.07. The van der Waals surface area contributed by atoms with Gasteiger partial charge in [0.25, 0.3) is 0 Å². The Labute approximate surface area is 177 Å². The number of ether oxygens (including phenoxy) is 1. The fourth-order valence-electron chi connectivity index (χ4n) is 4.57. The van der Waals surface area contributed by atoms with E-state index < -0.39 is 11.1 Å². The summed E-state index contributed by atoms with van der Waals surface area (Å²) in [6.07, 6.45) is 3.55. The third kappa shape index (κ3) is 3.48. The van der Waals surface area contributed by atoms with Crippen LogP contribution in [-0.2, 0) is 26.1 Å². The number of aromatic nitrogens is 4. The summed E-state index contributed by atoms with van der Waals surface area (Å²) in [6.45, 7) is 3.54. The van der Waals surface area contributed by atoms with E-state index in [1.165, 1.54) is 4.68 Å². The average molecular weight is 426 g/mol. The number of thiazole rings is 1. The van der Waals surface area contributed by atoms with E-state index in [1.54, 1.807) is 23.0 Å². The Morgan fingerprint density at radius 2 is 1.97 bits per heavy atom. The van der Waals surface area contributed by atoms with Crippen LogP contribution in [-0.4, -0.2) is 44.4 Å². The van der Waals surface area contributed by atoms with Gasteiger partial charge in [0.1, 0.15) is 16.6 Å². The standard InChI is InChI=1S/C21H23N5O3S/c1-29-16-4-2-15(3-5-16)11-26-20(28)19(27)25-14-21(10-17(25)23-26)6-8-24(13-21)12-18-22-7-9-30-18/h2-5,7,9H,6,8,10-14H2,1H3/t21-/m0/s1. The van der Waals surface area contributed by atoms with Crippen molar-refractivity contribution in [3.63, 3.8) is 0 Å². The molecule has 3 aromatic rings. The van der Waals surface area contributed by atoms with Crippen LogP contribution in [0.4, 0.5) is 0 Å². The van der Waals surface area contributed by atoms with Crippen molar-refractivity contribution in [3.8, 4) is 5.75 Å². The van der Waals surface area contributed by atoms with Crippen LogP contribution in [0.1, 0.15) is 22.8 Å². The summed E-state index contributed by atoms with van der Waals surface area (Å²) in [7, 11) is 1.61. The second-order valence-corrected chi connectivity index (χ2v) is 9.16. The maximum absolute atomic E-state index is 12.8. The minimum absolute atomic E-state index is 0.0256. The number of fused-ring (bicyclic) bond motifs is 1.